The van der Waals surface area contributed by atoms with E-state index in [1.54, 1.807) is 36.4 Å². The van der Waals surface area contributed by atoms with Crippen molar-refractivity contribution in [1.29, 1.82) is 0 Å². The molecule has 0 spiro atoms. The van der Waals surface area contributed by atoms with Crippen LogP contribution in [0.15, 0.2) is 52.0 Å². The molecule has 0 bridgehead atoms. The lowest BCUT2D eigenvalue weighted by atomic mass is 10.1. The highest BCUT2D eigenvalue weighted by Crippen LogP contribution is 2.24. The monoisotopic (exact) mass is 395 g/mol. The van der Waals surface area contributed by atoms with Crippen molar-refractivity contribution in [2.75, 3.05) is 0 Å². The molecule has 6 nitrogen and oxygen atoms in total. The number of nitro groups is 1. The van der Waals surface area contributed by atoms with Crippen LogP contribution >= 0.6 is 27.5 Å². The van der Waals surface area contributed by atoms with E-state index in [1.807, 2.05) is 0 Å². The minimum absolute atomic E-state index is 0.0681. The molecule has 0 aromatic heterocycles. The summed E-state index contributed by atoms with van der Waals surface area (Å²) in [6.45, 7) is 0. The summed E-state index contributed by atoms with van der Waals surface area (Å²) in [5.74, 6) is -0.296. The third-order valence-electron chi connectivity index (χ3n) is 2.85. The van der Waals surface area contributed by atoms with Gasteiger partial charge in [-0.15, -0.1) is 0 Å². The van der Waals surface area contributed by atoms with Crippen LogP contribution in [0, 0.1) is 10.1 Å². The summed E-state index contributed by atoms with van der Waals surface area (Å²) in [6, 6.07) is 11.5. The van der Waals surface area contributed by atoms with Crippen molar-refractivity contribution in [3.05, 3.63) is 73.2 Å². The number of nitro benzene ring substituents is 1. The van der Waals surface area contributed by atoms with Crippen LogP contribution in [0.2, 0.25) is 5.02 Å². The fraction of sp³-hybridized carbons (Fsp3) is 0.0667. The summed E-state index contributed by atoms with van der Waals surface area (Å²) in [4.78, 5) is 22.1. The van der Waals surface area contributed by atoms with Gasteiger partial charge in [0.15, 0.2) is 0 Å². The molecule has 0 saturated carbocycles. The molecule has 0 aliphatic carbocycles. The number of carbonyl (C=O) groups is 1. The molecular weight excluding hydrogens is 386 g/mol. The van der Waals surface area contributed by atoms with Crippen LogP contribution in [-0.4, -0.2) is 17.0 Å². The van der Waals surface area contributed by atoms with Crippen molar-refractivity contribution >= 4 is 45.3 Å². The van der Waals surface area contributed by atoms with E-state index in [4.69, 9.17) is 11.6 Å². The Bertz CT molecular complexity index is 763. The summed E-state index contributed by atoms with van der Waals surface area (Å²) in [7, 11) is 0. The average Bonchev–Trinajstić information content (AvgIpc) is 2.51. The minimum atomic E-state index is -0.499. The first-order valence-electron chi connectivity index (χ1n) is 6.46. The lowest BCUT2D eigenvalue weighted by Gasteiger charge is -2.01. The summed E-state index contributed by atoms with van der Waals surface area (Å²) in [5.41, 5.74) is 3.62. The summed E-state index contributed by atoms with van der Waals surface area (Å²) < 4.78 is 0.381. The van der Waals surface area contributed by atoms with Gasteiger partial charge in [-0.2, -0.15) is 5.10 Å². The van der Waals surface area contributed by atoms with Gasteiger partial charge < -0.3 is 0 Å². The first kappa shape index (κ1) is 17.1. The van der Waals surface area contributed by atoms with E-state index >= 15 is 0 Å². The van der Waals surface area contributed by atoms with Crippen LogP contribution in [0.3, 0.4) is 0 Å². The number of nitrogens with one attached hydrogen (secondary N) is 1. The van der Waals surface area contributed by atoms with Crippen LogP contribution in [0.4, 0.5) is 5.69 Å². The topological polar surface area (TPSA) is 84.6 Å². The molecule has 0 aliphatic heterocycles. The van der Waals surface area contributed by atoms with Crippen LogP contribution in [0.1, 0.15) is 11.1 Å². The van der Waals surface area contributed by atoms with Gasteiger partial charge in [0, 0.05) is 16.7 Å². The number of hydrogen-bond donors (Lipinski definition) is 1. The van der Waals surface area contributed by atoms with E-state index in [0.717, 1.165) is 5.56 Å². The predicted octanol–water partition coefficient (Wildman–Crippen LogP) is 3.70. The van der Waals surface area contributed by atoms with Gasteiger partial charge in [-0.05, 0) is 39.7 Å². The zero-order chi connectivity index (χ0) is 16.8. The van der Waals surface area contributed by atoms with Crippen LogP contribution in [0.25, 0.3) is 0 Å². The van der Waals surface area contributed by atoms with E-state index in [-0.39, 0.29) is 18.0 Å². The molecule has 0 atom stereocenters. The molecule has 0 fully saturated rings. The first-order valence-corrected chi connectivity index (χ1v) is 7.63. The Kier molecular flexibility index (Phi) is 5.84. The molecule has 1 N–H and O–H groups in total. The van der Waals surface area contributed by atoms with Gasteiger partial charge in [-0.1, -0.05) is 29.8 Å². The molecule has 0 radical (unpaired) electrons. The molecule has 2 rings (SSSR count). The van der Waals surface area contributed by atoms with Crippen molar-refractivity contribution in [3.63, 3.8) is 0 Å². The highest BCUT2D eigenvalue weighted by molar-refractivity contribution is 9.10. The lowest BCUT2D eigenvalue weighted by molar-refractivity contribution is -0.385. The second kappa shape index (κ2) is 7.85. The summed E-state index contributed by atoms with van der Waals surface area (Å²) in [5, 5.41) is 15.2. The maximum Gasteiger partial charge on any atom is 0.284 e. The van der Waals surface area contributed by atoms with Crippen LogP contribution in [0.5, 0.6) is 0 Å². The normalized spacial score (nSPS) is 10.7. The fourth-order valence-electron chi connectivity index (χ4n) is 1.76. The third kappa shape index (κ3) is 5.15. The van der Waals surface area contributed by atoms with E-state index < -0.39 is 4.92 Å². The first-order chi connectivity index (χ1) is 11.0. The number of rotatable bonds is 5. The third-order valence-corrected chi connectivity index (χ3v) is 3.77. The SMILES string of the molecule is O=C(Cc1ccc(Cl)cc1)NN=Cc1ccc(Br)c([N+](=O)[O-])c1. The number of hydrazone groups is 1. The largest absolute Gasteiger partial charge is 0.284 e. The molecular formula is C15H11BrClN3O3. The van der Waals surface area contributed by atoms with Gasteiger partial charge in [-0.25, -0.2) is 5.43 Å². The van der Waals surface area contributed by atoms with E-state index in [1.165, 1.54) is 12.3 Å². The van der Waals surface area contributed by atoms with E-state index in [9.17, 15) is 14.9 Å². The second-order valence-corrected chi connectivity index (χ2v) is 5.86. The molecule has 0 unspecified atom stereocenters. The Balaban J connectivity index is 1.96. The Morgan fingerprint density at radius 3 is 2.65 bits per heavy atom. The molecule has 2 aromatic carbocycles. The second-order valence-electron chi connectivity index (χ2n) is 4.56. The summed E-state index contributed by atoms with van der Waals surface area (Å²) in [6.07, 6.45) is 1.51. The van der Waals surface area contributed by atoms with Gasteiger partial charge in [0.25, 0.3) is 5.69 Å². The van der Waals surface area contributed by atoms with Gasteiger partial charge in [-0.3, -0.25) is 14.9 Å². The van der Waals surface area contributed by atoms with Crippen molar-refractivity contribution in [2.24, 2.45) is 5.10 Å². The Labute approximate surface area is 145 Å². The maximum atomic E-state index is 11.7. The highest BCUT2D eigenvalue weighted by Gasteiger charge is 2.11. The zero-order valence-corrected chi connectivity index (χ0v) is 14.0. The van der Waals surface area contributed by atoms with Crippen molar-refractivity contribution in [3.8, 4) is 0 Å². The van der Waals surface area contributed by atoms with E-state index in [2.05, 4.69) is 26.5 Å². The number of halogens is 2. The number of carbonyl (C=O) groups excluding carboxylic acids is 1. The Hall–Kier alpha value is -2.25. The zero-order valence-electron chi connectivity index (χ0n) is 11.7. The van der Waals surface area contributed by atoms with E-state index in [0.29, 0.717) is 15.1 Å². The number of nitrogens with zero attached hydrogens (tertiary/aromatic N) is 2. The van der Waals surface area contributed by atoms with Crippen LogP contribution < -0.4 is 5.43 Å². The molecule has 0 heterocycles. The summed E-state index contributed by atoms with van der Waals surface area (Å²) >= 11 is 8.87. The van der Waals surface area contributed by atoms with Gasteiger partial charge >= 0.3 is 0 Å². The Morgan fingerprint density at radius 2 is 2.00 bits per heavy atom. The van der Waals surface area contributed by atoms with Crippen molar-refractivity contribution in [1.82, 2.24) is 5.43 Å². The number of hydrogen-bond acceptors (Lipinski definition) is 4. The molecule has 0 aliphatic rings. The van der Waals surface area contributed by atoms with Gasteiger partial charge in [0.05, 0.1) is 22.0 Å². The van der Waals surface area contributed by atoms with Crippen molar-refractivity contribution < 1.29 is 9.72 Å². The maximum absolute atomic E-state index is 11.7. The predicted molar refractivity (Wildman–Crippen MR) is 91.7 cm³/mol. The molecule has 2 aromatic rings. The molecule has 0 saturated heterocycles. The lowest BCUT2D eigenvalue weighted by Crippen LogP contribution is -2.19. The molecule has 1 amide bonds. The molecule has 23 heavy (non-hydrogen) atoms. The Morgan fingerprint density at radius 1 is 1.30 bits per heavy atom. The van der Waals surface area contributed by atoms with Gasteiger partial charge in [0.2, 0.25) is 5.91 Å². The highest BCUT2D eigenvalue weighted by atomic mass is 79.9. The average molecular weight is 397 g/mol. The standard InChI is InChI=1S/C15H11BrClN3O3/c16-13-6-3-11(7-14(13)20(22)23)9-18-19-15(21)8-10-1-4-12(17)5-2-10/h1-7,9H,8H2,(H,19,21). The fourth-order valence-corrected chi connectivity index (χ4v) is 2.27. The molecule has 8 heteroatoms. The van der Waals surface area contributed by atoms with Crippen LogP contribution in [-0.2, 0) is 11.2 Å². The van der Waals surface area contributed by atoms with Gasteiger partial charge in [0.1, 0.15) is 0 Å². The van der Waals surface area contributed by atoms with Crippen molar-refractivity contribution in [2.45, 2.75) is 6.42 Å². The minimum Gasteiger partial charge on any atom is -0.273 e. The molecule has 118 valence electrons. The number of amides is 1. The quantitative estimate of drug-likeness (QED) is 0.475. The number of benzene rings is 2. The smallest absolute Gasteiger partial charge is 0.273 e.